The van der Waals surface area contributed by atoms with Gasteiger partial charge in [0.2, 0.25) is 0 Å². The van der Waals surface area contributed by atoms with Crippen molar-refractivity contribution in [2.24, 2.45) is 0 Å². The van der Waals surface area contributed by atoms with E-state index in [-0.39, 0.29) is 0 Å². The third-order valence-corrected chi connectivity index (χ3v) is 2.49. The molecular formula is C4H9BrIOP. The molecule has 0 aliphatic heterocycles. The van der Waals surface area contributed by atoms with E-state index in [1.807, 2.05) is 0 Å². The van der Waals surface area contributed by atoms with Crippen LogP contribution in [0.15, 0.2) is 0 Å². The van der Waals surface area contributed by atoms with Crippen LogP contribution in [0.5, 0.6) is 0 Å². The van der Waals surface area contributed by atoms with E-state index in [2.05, 4.69) is 38.0 Å². The van der Waals surface area contributed by atoms with Crippen molar-refractivity contribution in [2.75, 3.05) is 11.9 Å². The molecule has 0 saturated heterocycles. The third kappa shape index (κ3) is 7.60. The van der Waals surface area contributed by atoms with Gasteiger partial charge in [0.15, 0.2) is 0 Å². The number of alkyl halides is 1. The van der Waals surface area contributed by atoms with E-state index in [0.717, 1.165) is 11.9 Å². The molecule has 0 aromatic carbocycles. The summed E-state index contributed by atoms with van der Waals surface area (Å²) in [5.41, 5.74) is 0. The van der Waals surface area contributed by atoms with Crippen molar-refractivity contribution in [3.05, 3.63) is 0 Å². The molecule has 0 aromatic rings. The highest BCUT2D eigenvalue weighted by atomic mass is 127. The lowest BCUT2D eigenvalue weighted by Crippen LogP contribution is -1.83. The van der Waals surface area contributed by atoms with Gasteiger partial charge in [0.25, 0.3) is 0 Å². The van der Waals surface area contributed by atoms with Crippen LogP contribution in [0.25, 0.3) is 0 Å². The SMILES string of the molecule is BrCCCCOPI. The van der Waals surface area contributed by atoms with Crippen molar-refractivity contribution < 1.29 is 4.52 Å². The van der Waals surface area contributed by atoms with Gasteiger partial charge in [-0.2, -0.15) is 0 Å². The molecule has 1 nitrogen and oxygen atoms in total. The first-order valence-corrected chi connectivity index (χ1v) is 7.59. The minimum absolute atomic E-state index is 0.624. The highest BCUT2D eigenvalue weighted by Gasteiger charge is 1.84. The van der Waals surface area contributed by atoms with Crippen LogP contribution in [0.1, 0.15) is 12.8 Å². The Morgan fingerprint density at radius 1 is 1.50 bits per heavy atom. The summed E-state index contributed by atoms with van der Waals surface area (Å²) in [6.45, 7) is 1.55. The van der Waals surface area contributed by atoms with Crippen LogP contribution >= 0.6 is 44.4 Å². The highest BCUT2D eigenvalue weighted by Crippen LogP contribution is 2.21. The van der Waals surface area contributed by atoms with E-state index in [1.165, 1.54) is 12.8 Å². The van der Waals surface area contributed by atoms with Crippen LogP contribution in [0, 0.1) is 0 Å². The molecule has 0 bridgehead atoms. The van der Waals surface area contributed by atoms with Crippen molar-refractivity contribution in [3.8, 4) is 0 Å². The second-order valence-electron chi connectivity index (χ2n) is 1.32. The van der Waals surface area contributed by atoms with E-state index in [1.54, 1.807) is 0 Å². The minimum Gasteiger partial charge on any atom is -0.352 e. The maximum absolute atomic E-state index is 5.13. The molecule has 4 heteroatoms. The molecule has 0 spiro atoms. The Morgan fingerprint density at radius 3 is 2.75 bits per heavy atom. The zero-order valence-electron chi connectivity index (χ0n) is 4.49. The summed E-state index contributed by atoms with van der Waals surface area (Å²) in [4.78, 5) is 0. The summed E-state index contributed by atoms with van der Waals surface area (Å²) >= 11 is 5.58. The molecule has 0 rings (SSSR count). The zero-order valence-corrected chi connectivity index (χ0v) is 9.24. The van der Waals surface area contributed by atoms with Crippen LogP contribution in [0.2, 0.25) is 0 Å². The molecule has 8 heavy (non-hydrogen) atoms. The van der Waals surface area contributed by atoms with Gasteiger partial charge in [-0.3, -0.25) is 0 Å². The quantitative estimate of drug-likeness (QED) is 0.328. The predicted octanol–water partition coefficient (Wildman–Crippen LogP) is 3.12. The van der Waals surface area contributed by atoms with Crippen LogP contribution in [0.3, 0.4) is 0 Å². The summed E-state index contributed by atoms with van der Waals surface area (Å²) in [6, 6.07) is 0. The standard InChI is InChI=1S/C4H9BrIOP/c5-3-1-2-4-7-8-6/h8H,1-4H2. The first-order chi connectivity index (χ1) is 3.91. The average molecular weight is 311 g/mol. The lowest BCUT2D eigenvalue weighted by atomic mass is 10.4. The number of hydrogen-bond acceptors (Lipinski definition) is 1. The molecule has 0 aliphatic rings. The zero-order chi connectivity index (χ0) is 6.24. The van der Waals surface area contributed by atoms with Gasteiger partial charge in [-0.05, 0) is 34.9 Å². The topological polar surface area (TPSA) is 9.23 Å². The molecule has 50 valence electrons. The first kappa shape index (κ1) is 9.60. The van der Waals surface area contributed by atoms with Crippen molar-refractivity contribution in [1.82, 2.24) is 0 Å². The van der Waals surface area contributed by atoms with Gasteiger partial charge in [-0.25, -0.2) is 0 Å². The molecular weight excluding hydrogens is 302 g/mol. The van der Waals surface area contributed by atoms with Gasteiger partial charge in [-0.15, -0.1) is 0 Å². The molecule has 0 heterocycles. The van der Waals surface area contributed by atoms with Gasteiger partial charge in [0.1, 0.15) is 0 Å². The largest absolute Gasteiger partial charge is 0.352 e. The summed E-state index contributed by atoms with van der Waals surface area (Å²) in [6.07, 6.45) is 2.41. The molecule has 1 atom stereocenters. The molecule has 0 radical (unpaired) electrons. The maximum Gasteiger partial charge on any atom is 0.0793 e. The minimum atomic E-state index is 0.624. The summed E-state index contributed by atoms with van der Waals surface area (Å²) in [5.74, 6) is 0. The smallest absolute Gasteiger partial charge is 0.0793 e. The molecule has 1 unspecified atom stereocenters. The Kier molecular flexibility index (Phi) is 10.3. The second kappa shape index (κ2) is 8.60. The van der Waals surface area contributed by atoms with Crippen LogP contribution in [-0.2, 0) is 4.52 Å². The van der Waals surface area contributed by atoms with Crippen LogP contribution in [0.4, 0.5) is 0 Å². The Bertz CT molecular complexity index is 41.0. The van der Waals surface area contributed by atoms with E-state index >= 15 is 0 Å². The van der Waals surface area contributed by atoms with E-state index in [0.29, 0.717) is 6.45 Å². The first-order valence-electron chi connectivity index (χ1n) is 2.45. The molecule has 0 N–H and O–H groups in total. The molecule has 0 aromatic heterocycles. The maximum atomic E-state index is 5.13. The Hall–Kier alpha value is 1.60. The fourth-order valence-corrected chi connectivity index (χ4v) is 1.59. The number of hydrogen-bond donors (Lipinski definition) is 0. The third-order valence-electron chi connectivity index (χ3n) is 0.685. The highest BCUT2D eigenvalue weighted by molar-refractivity contribution is 14.2. The van der Waals surface area contributed by atoms with Crippen molar-refractivity contribution in [2.45, 2.75) is 12.8 Å². The Morgan fingerprint density at radius 2 is 2.25 bits per heavy atom. The van der Waals surface area contributed by atoms with Crippen molar-refractivity contribution in [1.29, 1.82) is 0 Å². The van der Waals surface area contributed by atoms with E-state index < -0.39 is 0 Å². The monoisotopic (exact) mass is 310 g/mol. The van der Waals surface area contributed by atoms with Gasteiger partial charge in [0.05, 0.1) is 13.1 Å². The van der Waals surface area contributed by atoms with Gasteiger partial charge >= 0.3 is 0 Å². The fourth-order valence-electron chi connectivity index (χ4n) is 0.307. The van der Waals surface area contributed by atoms with Crippen molar-refractivity contribution >= 4 is 44.4 Å². The molecule has 0 aliphatic carbocycles. The van der Waals surface area contributed by atoms with Gasteiger partial charge < -0.3 is 4.52 Å². The summed E-state index contributed by atoms with van der Waals surface area (Å²) < 4.78 is 5.13. The van der Waals surface area contributed by atoms with E-state index in [4.69, 9.17) is 4.52 Å². The number of unbranched alkanes of at least 4 members (excludes halogenated alkanes) is 1. The van der Waals surface area contributed by atoms with Crippen LogP contribution in [-0.4, -0.2) is 11.9 Å². The average Bonchev–Trinajstić information content (AvgIpc) is 1.81. The normalized spacial score (nSPS) is 11.2. The number of halogens is 2. The van der Waals surface area contributed by atoms with Gasteiger partial charge in [0, 0.05) is 5.33 Å². The summed E-state index contributed by atoms with van der Waals surface area (Å²) in [7, 11) is 0. The second-order valence-corrected chi connectivity index (χ2v) is 3.88. The predicted molar refractivity (Wildman–Crippen MR) is 51.3 cm³/mol. The van der Waals surface area contributed by atoms with E-state index in [9.17, 15) is 0 Å². The lowest BCUT2D eigenvalue weighted by molar-refractivity contribution is 0.360. The number of rotatable bonds is 5. The summed E-state index contributed by atoms with van der Waals surface area (Å²) in [5, 5.41) is 1.10. The fraction of sp³-hybridized carbons (Fsp3) is 1.00. The Balaban J connectivity index is 2.53. The molecule has 0 fully saturated rings. The van der Waals surface area contributed by atoms with Crippen LogP contribution < -0.4 is 0 Å². The van der Waals surface area contributed by atoms with Gasteiger partial charge in [-0.1, -0.05) is 15.9 Å². The molecule has 0 saturated carbocycles. The lowest BCUT2D eigenvalue weighted by Gasteiger charge is -1.95. The van der Waals surface area contributed by atoms with Crippen molar-refractivity contribution in [3.63, 3.8) is 0 Å². The molecule has 0 amide bonds. The Labute approximate surface area is 73.4 Å².